The number of benzene rings is 1. The maximum atomic E-state index is 11.8. The number of fused-ring (bicyclic) bond motifs is 1. The highest BCUT2D eigenvalue weighted by atomic mass is 16.5. The van der Waals surface area contributed by atoms with Crippen molar-refractivity contribution >= 4 is 11.0 Å². The highest BCUT2D eigenvalue weighted by Gasteiger charge is 2.08. The molecule has 23 heavy (non-hydrogen) atoms. The van der Waals surface area contributed by atoms with Crippen molar-refractivity contribution in [2.75, 3.05) is 26.2 Å². The highest BCUT2D eigenvalue weighted by Crippen LogP contribution is 2.18. The fraction of sp³-hybridized carbons (Fsp3) is 0.526. The van der Waals surface area contributed by atoms with E-state index in [1.54, 1.807) is 12.1 Å². The molecule has 1 aliphatic heterocycles. The molecular formula is C19H25NO3. The molecule has 0 radical (unpaired) electrons. The van der Waals surface area contributed by atoms with Crippen LogP contribution in [0.15, 0.2) is 39.7 Å². The van der Waals surface area contributed by atoms with Crippen molar-refractivity contribution < 1.29 is 9.15 Å². The minimum atomic E-state index is -0.0294. The van der Waals surface area contributed by atoms with Crippen molar-refractivity contribution in [3.8, 4) is 5.75 Å². The van der Waals surface area contributed by atoms with E-state index in [-0.39, 0.29) is 5.43 Å². The number of unbranched alkanes of at least 4 members (excludes halogenated alkanes) is 2. The topological polar surface area (TPSA) is 42.7 Å². The molecule has 2 heterocycles. The molecule has 124 valence electrons. The van der Waals surface area contributed by atoms with Crippen LogP contribution in [0.3, 0.4) is 0 Å². The van der Waals surface area contributed by atoms with Gasteiger partial charge in [-0.25, -0.2) is 0 Å². The molecule has 0 saturated carbocycles. The van der Waals surface area contributed by atoms with E-state index in [1.165, 1.54) is 64.1 Å². The lowest BCUT2D eigenvalue weighted by atomic mass is 10.1. The fourth-order valence-corrected chi connectivity index (χ4v) is 3.14. The molecule has 4 heteroatoms. The summed E-state index contributed by atoms with van der Waals surface area (Å²) in [6.07, 6.45) is 9.02. The molecule has 0 aliphatic carbocycles. The van der Waals surface area contributed by atoms with Gasteiger partial charge in [0, 0.05) is 6.07 Å². The minimum Gasteiger partial charge on any atom is -0.494 e. The molecular weight excluding hydrogens is 290 g/mol. The number of rotatable bonds is 7. The summed E-state index contributed by atoms with van der Waals surface area (Å²) < 4.78 is 11.1. The first kappa shape index (κ1) is 16.1. The zero-order chi connectivity index (χ0) is 15.9. The van der Waals surface area contributed by atoms with Crippen molar-refractivity contribution in [3.63, 3.8) is 0 Å². The quantitative estimate of drug-likeness (QED) is 0.728. The molecule has 1 fully saturated rings. The van der Waals surface area contributed by atoms with E-state index >= 15 is 0 Å². The molecule has 1 aromatic heterocycles. The Morgan fingerprint density at radius 1 is 1.04 bits per heavy atom. The standard InChI is InChI=1S/C19H25NO3/c21-18-9-14-23-19-8-7-16(15-17(18)19)22-13-6-2-5-12-20-10-3-1-4-11-20/h7-9,14-15H,1-6,10-13H2. The molecule has 3 rings (SSSR count). The monoisotopic (exact) mass is 315 g/mol. The number of likely N-dealkylation sites (tertiary alicyclic amines) is 1. The predicted octanol–water partition coefficient (Wildman–Crippen LogP) is 3.83. The van der Waals surface area contributed by atoms with Crippen molar-refractivity contribution in [2.45, 2.75) is 38.5 Å². The van der Waals surface area contributed by atoms with E-state index in [9.17, 15) is 4.79 Å². The van der Waals surface area contributed by atoms with Gasteiger partial charge in [0.05, 0.1) is 18.3 Å². The van der Waals surface area contributed by atoms with Crippen molar-refractivity contribution in [1.82, 2.24) is 4.90 Å². The molecule has 0 spiro atoms. The van der Waals surface area contributed by atoms with Gasteiger partial charge in [-0.15, -0.1) is 0 Å². The van der Waals surface area contributed by atoms with Crippen LogP contribution in [0.5, 0.6) is 5.75 Å². The van der Waals surface area contributed by atoms with E-state index in [2.05, 4.69) is 4.90 Å². The predicted molar refractivity (Wildman–Crippen MR) is 92.1 cm³/mol. The van der Waals surface area contributed by atoms with Gasteiger partial charge in [0.2, 0.25) is 0 Å². The molecule has 2 aromatic rings. The second-order valence-corrected chi connectivity index (χ2v) is 6.25. The smallest absolute Gasteiger partial charge is 0.192 e. The SMILES string of the molecule is O=c1ccoc2ccc(OCCCCCN3CCCCC3)cc12. The van der Waals surface area contributed by atoms with Crippen molar-refractivity contribution in [2.24, 2.45) is 0 Å². The summed E-state index contributed by atoms with van der Waals surface area (Å²) in [6, 6.07) is 6.86. The van der Waals surface area contributed by atoms with Gasteiger partial charge in [0.1, 0.15) is 11.3 Å². The number of hydrogen-bond donors (Lipinski definition) is 0. The third-order valence-corrected chi connectivity index (χ3v) is 4.47. The maximum absolute atomic E-state index is 11.8. The Balaban J connectivity index is 1.39. The van der Waals surface area contributed by atoms with Gasteiger partial charge in [-0.1, -0.05) is 6.42 Å². The van der Waals surface area contributed by atoms with Crippen LogP contribution in [0.1, 0.15) is 38.5 Å². The van der Waals surface area contributed by atoms with Crippen LogP contribution in [0.4, 0.5) is 0 Å². The molecule has 0 N–H and O–H groups in total. The second-order valence-electron chi connectivity index (χ2n) is 6.25. The van der Waals surface area contributed by atoms with E-state index in [0.717, 1.165) is 12.2 Å². The van der Waals surface area contributed by atoms with Gasteiger partial charge in [0.15, 0.2) is 5.43 Å². The van der Waals surface area contributed by atoms with Gasteiger partial charge in [-0.3, -0.25) is 4.79 Å². The number of nitrogens with zero attached hydrogens (tertiary/aromatic N) is 1. The first-order valence-electron chi connectivity index (χ1n) is 8.70. The van der Waals surface area contributed by atoms with Crippen LogP contribution in [0.2, 0.25) is 0 Å². The van der Waals surface area contributed by atoms with Crippen LogP contribution < -0.4 is 10.2 Å². The van der Waals surface area contributed by atoms with Crippen LogP contribution in [-0.2, 0) is 0 Å². The Morgan fingerprint density at radius 3 is 2.78 bits per heavy atom. The summed E-state index contributed by atoms with van der Waals surface area (Å²) >= 11 is 0. The Bertz CT molecular complexity index is 674. The van der Waals surface area contributed by atoms with E-state index in [4.69, 9.17) is 9.15 Å². The van der Waals surface area contributed by atoms with Gasteiger partial charge in [0.25, 0.3) is 0 Å². The van der Waals surface area contributed by atoms with Crippen molar-refractivity contribution in [3.05, 3.63) is 40.8 Å². The number of ether oxygens (including phenoxy) is 1. The second kappa shape index (κ2) is 8.16. The Morgan fingerprint density at radius 2 is 1.91 bits per heavy atom. The average molecular weight is 315 g/mol. The van der Waals surface area contributed by atoms with Gasteiger partial charge >= 0.3 is 0 Å². The third-order valence-electron chi connectivity index (χ3n) is 4.47. The van der Waals surface area contributed by atoms with Crippen LogP contribution >= 0.6 is 0 Å². The maximum Gasteiger partial charge on any atom is 0.192 e. The molecule has 1 aromatic carbocycles. The molecule has 1 saturated heterocycles. The van der Waals surface area contributed by atoms with Gasteiger partial charge in [-0.05, 0) is 69.9 Å². The molecule has 1 aliphatic rings. The zero-order valence-corrected chi connectivity index (χ0v) is 13.6. The van der Waals surface area contributed by atoms with E-state index in [0.29, 0.717) is 17.6 Å². The molecule has 0 atom stereocenters. The summed E-state index contributed by atoms with van der Waals surface area (Å²) in [5.74, 6) is 0.743. The number of hydrogen-bond acceptors (Lipinski definition) is 4. The Labute approximate surface area is 137 Å². The normalized spacial score (nSPS) is 15.8. The summed E-state index contributed by atoms with van der Waals surface area (Å²) in [6.45, 7) is 4.47. The van der Waals surface area contributed by atoms with E-state index in [1.807, 2.05) is 6.07 Å². The lowest BCUT2D eigenvalue weighted by molar-refractivity contribution is 0.221. The molecule has 4 nitrogen and oxygen atoms in total. The largest absolute Gasteiger partial charge is 0.494 e. The molecule has 0 amide bonds. The summed E-state index contributed by atoms with van der Waals surface area (Å²) in [5.41, 5.74) is 0.574. The zero-order valence-electron chi connectivity index (χ0n) is 13.6. The van der Waals surface area contributed by atoms with E-state index < -0.39 is 0 Å². The van der Waals surface area contributed by atoms with Crippen LogP contribution in [-0.4, -0.2) is 31.1 Å². The van der Waals surface area contributed by atoms with Crippen LogP contribution in [0, 0.1) is 0 Å². The Hall–Kier alpha value is -1.81. The van der Waals surface area contributed by atoms with Gasteiger partial charge < -0.3 is 14.1 Å². The van der Waals surface area contributed by atoms with Crippen LogP contribution in [0.25, 0.3) is 11.0 Å². The summed E-state index contributed by atoms with van der Waals surface area (Å²) in [5, 5.41) is 0.579. The lowest BCUT2D eigenvalue weighted by Crippen LogP contribution is -2.30. The van der Waals surface area contributed by atoms with Gasteiger partial charge in [-0.2, -0.15) is 0 Å². The molecule has 0 unspecified atom stereocenters. The minimum absolute atomic E-state index is 0.0294. The fourth-order valence-electron chi connectivity index (χ4n) is 3.14. The number of piperidine rings is 1. The highest BCUT2D eigenvalue weighted by molar-refractivity contribution is 5.77. The molecule has 0 bridgehead atoms. The third kappa shape index (κ3) is 4.58. The first-order chi connectivity index (χ1) is 11.3. The average Bonchev–Trinajstić information content (AvgIpc) is 2.59. The first-order valence-corrected chi connectivity index (χ1v) is 8.70. The van der Waals surface area contributed by atoms with Crippen molar-refractivity contribution in [1.29, 1.82) is 0 Å². The lowest BCUT2D eigenvalue weighted by Gasteiger charge is -2.26. The Kier molecular flexibility index (Phi) is 5.70. The summed E-state index contributed by atoms with van der Waals surface area (Å²) in [4.78, 5) is 14.4. The summed E-state index contributed by atoms with van der Waals surface area (Å²) in [7, 11) is 0.